The zero-order valence-electron chi connectivity index (χ0n) is 23.0. The Morgan fingerprint density at radius 2 is 1.53 bits per heavy atom. The summed E-state index contributed by atoms with van der Waals surface area (Å²) in [5.74, 6) is 1.85. The van der Waals surface area contributed by atoms with Gasteiger partial charge < -0.3 is 14.9 Å². The molecule has 5 aliphatic rings. The summed E-state index contributed by atoms with van der Waals surface area (Å²) < 4.78 is 6.65. The summed E-state index contributed by atoms with van der Waals surface area (Å²) in [7, 11) is 0. The lowest BCUT2D eigenvalue weighted by Crippen LogP contribution is -2.66. The second-order valence-corrected chi connectivity index (χ2v) is 15.2. The van der Waals surface area contributed by atoms with Gasteiger partial charge >= 0.3 is 0 Å². The number of carbonyl (C=O) groups is 1. The van der Waals surface area contributed by atoms with Crippen LogP contribution in [0.3, 0.4) is 0 Å². The fourth-order valence-corrected chi connectivity index (χ4v) is 10.9. The number of ketones is 1. The minimum atomic E-state index is -0.833. The summed E-state index contributed by atoms with van der Waals surface area (Å²) in [5.41, 5.74) is -1.03. The van der Waals surface area contributed by atoms with Crippen LogP contribution in [0.2, 0.25) is 0 Å². The van der Waals surface area contributed by atoms with Gasteiger partial charge in [0.05, 0.1) is 23.4 Å². The van der Waals surface area contributed by atoms with Crippen molar-refractivity contribution >= 4 is 5.78 Å². The molecule has 2 N–H and O–H groups in total. The third-order valence-electron chi connectivity index (χ3n) is 13.0. The average Bonchev–Trinajstić information content (AvgIpc) is 3.30. The molecule has 5 rings (SSSR count). The van der Waals surface area contributed by atoms with Gasteiger partial charge in [-0.3, -0.25) is 4.79 Å². The molecule has 0 aromatic carbocycles. The molecule has 4 nitrogen and oxygen atoms in total. The number of ether oxygens (including phenoxy) is 1. The van der Waals surface area contributed by atoms with Crippen LogP contribution in [0.1, 0.15) is 113 Å². The molecule has 1 saturated heterocycles. The summed E-state index contributed by atoms with van der Waals surface area (Å²) in [4.78, 5) is 12.9. The molecule has 1 aliphatic heterocycles. The molecule has 34 heavy (non-hydrogen) atoms. The third kappa shape index (κ3) is 3.09. The zero-order valence-corrected chi connectivity index (χ0v) is 23.0. The Morgan fingerprint density at radius 3 is 2.15 bits per heavy atom. The highest BCUT2D eigenvalue weighted by molar-refractivity contribution is 5.85. The lowest BCUT2D eigenvalue weighted by atomic mass is 9.35. The van der Waals surface area contributed by atoms with Crippen LogP contribution in [-0.4, -0.2) is 39.4 Å². The van der Waals surface area contributed by atoms with Crippen molar-refractivity contribution in [2.45, 2.75) is 137 Å². The highest BCUT2D eigenvalue weighted by atomic mass is 16.5. The fourth-order valence-electron chi connectivity index (χ4n) is 10.9. The van der Waals surface area contributed by atoms with E-state index >= 15 is 0 Å². The Kier molecular flexibility index (Phi) is 5.42. The number of hydrogen-bond donors (Lipinski definition) is 2. The van der Waals surface area contributed by atoms with Gasteiger partial charge in [0, 0.05) is 11.8 Å². The molecule has 0 radical (unpaired) electrons. The smallest absolute Gasteiger partial charge is 0.138 e. The molecule has 4 aliphatic carbocycles. The first kappa shape index (κ1) is 25.2. The molecule has 4 saturated carbocycles. The Hall–Kier alpha value is -0.450. The summed E-state index contributed by atoms with van der Waals surface area (Å²) in [6.45, 7) is 17.8. The number of aliphatic hydroxyl groups is 2. The van der Waals surface area contributed by atoms with Crippen molar-refractivity contribution in [3.05, 3.63) is 0 Å². The second kappa shape index (κ2) is 7.32. The molecule has 0 unspecified atom stereocenters. The van der Waals surface area contributed by atoms with Crippen molar-refractivity contribution in [2.75, 3.05) is 0 Å². The van der Waals surface area contributed by atoms with Crippen LogP contribution in [-0.2, 0) is 9.53 Å². The second-order valence-electron chi connectivity index (χ2n) is 15.2. The monoisotopic (exact) mass is 474 g/mol. The number of hydrogen-bond acceptors (Lipinski definition) is 4. The van der Waals surface area contributed by atoms with Crippen LogP contribution in [0.5, 0.6) is 0 Å². The molecule has 5 fully saturated rings. The molecular weight excluding hydrogens is 424 g/mol. The van der Waals surface area contributed by atoms with Crippen molar-refractivity contribution in [3.8, 4) is 0 Å². The lowest BCUT2D eigenvalue weighted by Gasteiger charge is -2.69. The Labute approximate surface area is 207 Å². The minimum Gasteiger partial charge on any atom is -0.393 e. The van der Waals surface area contributed by atoms with E-state index in [0.29, 0.717) is 30.0 Å². The van der Waals surface area contributed by atoms with Crippen LogP contribution < -0.4 is 0 Å². The summed E-state index contributed by atoms with van der Waals surface area (Å²) in [6.07, 6.45) is 8.43. The maximum absolute atomic E-state index is 12.9. The lowest BCUT2D eigenvalue weighted by molar-refractivity contribution is -0.235. The SMILES string of the molecule is CC(C)(O)[C@H]1CC[C@@](C)([C@H]2CC[C@]3(C)[C@H]2[C@H](O)C[C@@H]2[C@@]4(C)CCC(=O)C(C)(C)[C@H]4CC[C@]23C)O1. The van der Waals surface area contributed by atoms with E-state index in [2.05, 4.69) is 41.5 Å². The van der Waals surface area contributed by atoms with E-state index in [1.54, 1.807) is 0 Å². The number of Topliss-reactive ketones (excluding diaryl/α,β-unsaturated/α-hetero) is 1. The highest BCUT2D eigenvalue weighted by Gasteiger charge is 2.71. The number of fused-ring (bicyclic) bond motifs is 5. The van der Waals surface area contributed by atoms with Gasteiger partial charge in [-0.2, -0.15) is 0 Å². The Morgan fingerprint density at radius 1 is 0.882 bits per heavy atom. The van der Waals surface area contributed by atoms with Gasteiger partial charge in [0.2, 0.25) is 0 Å². The van der Waals surface area contributed by atoms with E-state index in [1.165, 1.54) is 0 Å². The predicted octanol–water partition coefficient (Wildman–Crippen LogP) is 5.92. The molecular formula is C30H50O4. The van der Waals surface area contributed by atoms with Gasteiger partial charge in [0.25, 0.3) is 0 Å². The number of aliphatic hydroxyl groups excluding tert-OH is 1. The first-order valence-electron chi connectivity index (χ1n) is 14.1. The van der Waals surface area contributed by atoms with E-state index in [0.717, 1.165) is 51.4 Å². The maximum atomic E-state index is 12.9. The maximum Gasteiger partial charge on any atom is 0.138 e. The Bertz CT molecular complexity index is 858. The highest BCUT2D eigenvalue weighted by Crippen LogP contribution is 2.75. The standard InChI is InChI=1S/C30H50O4/c1-25(2)20-10-15-28(6)21(27(20,5)13-11-22(25)32)17-19(31)24-18(9-14-29(24,28)7)30(8)16-12-23(34-30)26(3,4)33/h18-21,23-24,31,33H,9-17H2,1-8H3/t18-,19+,20+,21+,23+,24+,27-,28+,29+,30-/m0/s1. The van der Waals surface area contributed by atoms with Gasteiger partial charge in [-0.15, -0.1) is 0 Å². The van der Waals surface area contributed by atoms with E-state index in [1.807, 2.05) is 13.8 Å². The van der Waals surface area contributed by atoms with E-state index < -0.39 is 5.60 Å². The van der Waals surface area contributed by atoms with Crippen LogP contribution in [0.15, 0.2) is 0 Å². The van der Waals surface area contributed by atoms with Gasteiger partial charge in [0.1, 0.15) is 5.78 Å². The molecule has 0 bridgehead atoms. The fraction of sp³-hybridized carbons (Fsp3) is 0.967. The van der Waals surface area contributed by atoms with Crippen molar-refractivity contribution in [3.63, 3.8) is 0 Å². The summed E-state index contributed by atoms with van der Waals surface area (Å²) in [6, 6.07) is 0. The molecule has 194 valence electrons. The number of rotatable bonds is 2. The van der Waals surface area contributed by atoms with Gasteiger partial charge in [-0.05, 0) is 112 Å². The van der Waals surface area contributed by atoms with Crippen molar-refractivity contribution in [2.24, 2.45) is 45.3 Å². The van der Waals surface area contributed by atoms with E-state index in [-0.39, 0.29) is 45.4 Å². The van der Waals surface area contributed by atoms with Crippen LogP contribution in [0.25, 0.3) is 0 Å². The van der Waals surface area contributed by atoms with Gasteiger partial charge in [-0.1, -0.05) is 34.6 Å². The van der Waals surface area contributed by atoms with Crippen molar-refractivity contribution in [1.82, 2.24) is 0 Å². The Balaban J connectivity index is 1.49. The largest absolute Gasteiger partial charge is 0.393 e. The summed E-state index contributed by atoms with van der Waals surface area (Å²) in [5, 5.41) is 22.5. The predicted molar refractivity (Wildman–Crippen MR) is 134 cm³/mol. The van der Waals surface area contributed by atoms with Crippen LogP contribution in [0, 0.1) is 45.3 Å². The van der Waals surface area contributed by atoms with E-state index in [9.17, 15) is 15.0 Å². The molecule has 0 amide bonds. The quantitative estimate of drug-likeness (QED) is 0.521. The van der Waals surface area contributed by atoms with Gasteiger partial charge in [-0.25, -0.2) is 0 Å². The molecule has 0 spiro atoms. The van der Waals surface area contributed by atoms with Crippen molar-refractivity contribution < 1.29 is 19.7 Å². The molecule has 4 heteroatoms. The van der Waals surface area contributed by atoms with E-state index in [4.69, 9.17) is 4.74 Å². The van der Waals surface area contributed by atoms with Gasteiger partial charge in [0.15, 0.2) is 0 Å². The normalized spacial score (nSPS) is 54.9. The molecule has 0 aromatic heterocycles. The first-order valence-corrected chi connectivity index (χ1v) is 14.1. The molecule has 1 heterocycles. The summed E-state index contributed by atoms with van der Waals surface area (Å²) >= 11 is 0. The topological polar surface area (TPSA) is 66.8 Å². The molecule has 10 atom stereocenters. The number of carbonyl (C=O) groups excluding carboxylic acids is 1. The third-order valence-corrected chi connectivity index (χ3v) is 13.0. The molecule has 0 aromatic rings. The minimum absolute atomic E-state index is 0.0682. The van der Waals surface area contributed by atoms with Crippen LogP contribution in [0.4, 0.5) is 0 Å². The zero-order chi connectivity index (χ0) is 25.1. The van der Waals surface area contributed by atoms with Crippen molar-refractivity contribution in [1.29, 1.82) is 0 Å². The average molecular weight is 475 g/mol. The first-order chi connectivity index (χ1) is 15.5. The van der Waals surface area contributed by atoms with Crippen LogP contribution >= 0.6 is 0 Å².